The van der Waals surface area contributed by atoms with Gasteiger partial charge < -0.3 is 0 Å². The molecule has 18 heavy (non-hydrogen) atoms. The van der Waals surface area contributed by atoms with Gasteiger partial charge in [-0.15, -0.1) is 23.7 Å². The van der Waals surface area contributed by atoms with Gasteiger partial charge in [0, 0.05) is 0 Å². The highest BCUT2D eigenvalue weighted by atomic mass is 35.5. The molecular formula is C12H9ClN2O2S. The summed E-state index contributed by atoms with van der Waals surface area (Å²) in [6, 6.07) is 11.0. The molecule has 0 saturated carbocycles. The lowest BCUT2D eigenvalue weighted by atomic mass is 10.3. The first kappa shape index (κ1) is 12.6. The first-order valence-corrected chi connectivity index (χ1v) is 5.93. The summed E-state index contributed by atoms with van der Waals surface area (Å²) in [5.41, 5.74) is 0.00998. The van der Waals surface area contributed by atoms with Crippen LogP contribution in [-0.2, 0) is 0 Å². The number of fused-ring (bicyclic) bond motifs is 1. The molecule has 4 nitrogen and oxygen atoms in total. The van der Waals surface area contributed by atoms with E-state index >= 15 is 0 Å². The molecule has 0 aliphatic carbocycles. The Labute approximate surface area is 112 Å². The van der Waals surface area contributed by atoms with E-state index in [-0.39, 0.29) is 18.0 Å². The summed E-state index contributed by atoms with van der Waals surface area (Å²) in [6.45, 7) is 0. The van der Waals surface area contributed by atoms with E-state index in [0.717, 1.165) is 5.69 Å². The van der Waals surface area contributed by atoms with Crippen molar-refractivity contribution in [1.29, 1.82) is 0 Å². The van der Waals surface area contributed by atoms with Crippen LogP contribution in [0.2, 0.25) is 0 Å². The second kappa shape index (κ2) is 4.80. The van der Waals surface area contributed by atoms with Crippen molar-refractivity contribution in [3.8, 4) is 5.69 Å². The van der Waals surface area contributed by atoms with Gasteiger partial charge >= 0.3 is 5.69 Å². The monoisotopic (exact) mass is 280 g/mol. The van der Waals surface area contributed by atoms with E-state index in [9.17, 15) is 9.59 Å². The molecule has 3 rings (SSSR count). The Kier molecular flexibility index (Phi) is 3.36. The smallest absolute Gasteiger partial charge is 0.273 e. The Balaban J connectivity index is 0.00000120. The third-order valence-electron chi connectivity index (χ3n) is 2.53. The van der Waals surface area contributed by atoms with Gasteiger partial charge in [-0.1, -0.05) is 18.2 Å². The number of H-pyrrole nitrogens is 1. The van der Waals surface area contributed by atoms with Gasteiger partial charge in [0.1, 0.15) is 4.83 Å². The topological polar surface area (TPSA) is 54.9 Å². The minimum atomic E-state index is -0.406. The Morgan fingerprint density at radius 3 is 2.50 bits per heavy atom. The average molecular weight is 281 g/mol. The standard InChI is InChI=1S/C12H8N2O2S.ClH/c15-10-9-6-7-17-11(9)14(12(16)13-10)8-4-2-1-3-5-8;/h1-7H,(H,13,15,16);1H. The second-order valence-corrected chi connectivity index (χ2v) is 4.46. The molecule has 0 atom stereocenters. The van der Waals surface area contributed by atoms with E-state index in [0.29, 0.717) is 10.2 Å². The van der Waals surface area contributed by atoms with E-state index in [1.54, 1.807) is 11.4 Å². The van der Waals surface area contributed by atoms with Crippen LogP contribution in [0.15, 0.2) is 51.4 Å². The quantitative estimate of drug-likeness (QED) is 0.743. The Hall–Kier alpha value is -1.85. The number of hydrogen-bond acceptors (Lipinski definition) is 3. The number of para-hydroxylation sites is 1. The molecule has 0 amide bonds. The average Bonchev–Trinajstić information content (AvgIpc) is 2.79. The Bertz CT molecular complexity index is 789. The predicted octanol–water partition coefficient (Wildman–Crippen LogP) is 2.16. The lowest BCUT2D eigenvalue weighted by Gasteiger charge is -2.05. The number of thiophene rings is 1. The zero-order chi connectivity index (χ0) is 11.8. The van der Waals surface area contributed by atoms with Crippen LogP contribution in [0.25, 0.3) is 15.9 Å². The van der Waals surface area contributed by atoms with Crippen LogP contribution in [0.4, 0.5) is 0 Å². The van der Waals surface area contributed by atoms with Gasteiger partial charge in [0.25, 0.3) is 5.56 Å². The van der Waals surface area contributed by atoms with E-state index in [2.05, 4.69) is 4.98 Å². The fourth-order valence-electron chi connectivity index (χ4n) is 1.77. The summed E-state index contributed by atoms with van der Waals surface area (Å²) in [7, 11) is 0. The number of aromatic amines is 1. The van der Waals surface area contributed by atoms with Gasteiger partial charge in [-0.25, -0.2) is 4.79 Å². The maximum atomic E-state index is 11.9. The molecule has 1 aromatic carbocycles. The molecule has 1 N–H and O–H groups in total. The molecule has 2 aromatic heterocycles. The molecule has 92 valence electrons. The van der Waals surface area contributed by atoms with E-state index in [1.165, 1.54) is 15.9 Å². The molecule has 0 radical (unpaired) electrons. The summed E-state index contributed by atoms with van der Waals surface area (Å²) < 4.78 is 1.52. The molecular weight excluding hydrogens is 272 g/mol. The lowest BCUT2D eigenvalue weighted by molar-refractivity contribution is 0.951. The first-order chi connectivity index (χ1) is 8.27. The van der Waals surface area contributed by atoms with Gasteiger partial charge in [-0.2, -0.15) is 0 Å². The zero-order valence-electron chi connectivity index (χ0n) is 9.12. The van der Waals surface area contributed by atoms with Crippen molar-refractivity contribution in [3.63, 3.8) is 0 Å². The fourth-order valence-corrected chi connectivity index (χ4v) is 2.69. The molecule has 0 spiro atoms. The van der Waals surface area contributed by atoms with Crippen LogP contribution < -0.4 is 11.2 Å². The summed E-state index contributed by atoms with van der Waals surface area (Å²) in [4.78, 5) is 26.4. The van der Waals surface area contributed by atoms with Gasteiger partial charge in [-0.3, -0.25) is 14.3 Å². The van der Waals surface area contributed by atoms with Gasteiger partial charge in [0.2, 0.25) is 0 Å². The third kappa shape index (κ3) is 1.87. The summed E-state index contributed by atoms with van der Waals surface area (Å²) >= 11 is 1.38. The molecule has 0 aliphatic rings. The maximum absolute atomic E-state index is 11.9. The third-order valence-corrected chi connectivity index (χ3v) is 3.43. The van der Waals surface area contributed by atoms with Crippen LogP contribution in [-0.4, -0.2) is 9.55 Å². The van der Waals surface area contributed by atoms with E-state index in [1.807, 2.05) is 30.3 Å². The van der Waals surface area contributed by atoms with Gasteiger partial charge in [0.15, 0.2) is 0 Å². The van der Waals surface area contributed by atoms with Gasteiger partial charge in [-0.05, 0) is 23.6 Å². The molecule has 0 unspecified atom stereocenters. The number of halogens is 1. The van der Waals surface area contributed by atoms with Crippen molar-refractivity contribution in [2.75, 3.05) is 0 Å². The SMILES string of the molecule is Cl.O=c1[nH]c(=O)n(-c2ccccc2)c2sccc12. The Morgan fingerprint density at radius 1 is 1.06 bits per heavy atom. The summed E-state index contributed by atoms with van der Waals surface area (Å²) in [6.07, 6.45) is 0. The van der Waals surface area contributed by atoms with Crippen LogP contribution in [0.3, 0.4) is 0 Å². The van der Waals surface area contributed by atoms with Crippen molar-refractivity contribution in [1.82, 2.24) is 9.55 Å². The van der Waals surface area contributed by atoms with Crippen LogP contribution in [0.1, 0.15) is 0 Å². The van der Waals surface area contributed by atoms with Crippen LogP contribution in [0, 0.1) is 0 Å². The maximum Gasteiger partial charge on any atom is 0.334 e. The molecule has 6 heteroatoms. The summed E-state index contributed by atoms with van der Waals surface area (Å²) in [5, 5.41) is 2.34. The van der Waals surface area contributed by atoms with Crippen LogP contribution >= 0.6 is 23.7 Å². The molecule has 0 saturated heterocycles. The van der Waals surface area contributed by atoms with Crippen molar-refractivity contribution in [2.45, 2.75) is 0 Å². The highest BCUT2D eigenvalue weighted by Crippen LogP contribution is 2.18. The molecule has 2 heterocycles. The van der Waals surface area contributed by atoms with Crippen molar-refractivity contribution in [2.24, 2.45) is 0 Å². The normalized spacial score (nSPS) is 10.2. The molecule has 3 aromatic rings. The van der Waals surface area contributed by atoms with Gasteiger partial charge in [0.05, 0.1) is 11.1 Å². The minimum absolute atomic E-state index is 0. The number of nitrogens with zero attached hydrogens (tertiary/aromatic N) is 1. The highest BCUT2D eigenvalue weighted by molar-refractivity contribution is 7.16. The number of benzene rings is 1. The number of nitrogens with one attached hydrogen (secondary N) is 1. The Morgan fingerprint density at radius 2 is 1.78 bits per heavy atom. The van der Waals surface area contributed by atoms with Crippen LogP contribution in [0.5, 0.6) is 0 Å². The minimum Gasteiger partial charge on any atom is -0.273 e. The highest BCUT2D eigenvalue weighted by Gasteiger charge is 2.09. The molecule has 0 bridgehead atoms. The fraction of sp³-hybridized carbons (Fsp3) is 0. The van der Waals surface area contributed by atoms with Crippen molar-refractivity contribution < 1.29 is 0 Å². The largest absolute Gasteiger partial charge is 0.334 e. The summed E-state index contributed by atoms with van der Waals surface area (Å²) in [5.74, 6) is 0. The lowest BCUT2D eigenvalue weighted by Crippen LogP contribution is -2.28. The first-order valence-electron chi connectivity index (χ1n) is 5.05. The molecule has 0 fully saturated rings. The second-order valence-electron chi connectivity index (χ2n) is 3.57. The molecule has 0 aliphatic heterocycles. The number of aromatic nitrogens is 2. The number of rotatable bonds is 1. The van der Waals surface area contributed by atoms with Crippen molar-refractivity contribution >= 4 is 34.0 Å². The van der Waals surface area contributed by atoms with E-state index < -0.39 is 5.69 Å². The van der Waals surface area contributed by atoms with Crippen molar-refractivity contribution in [3.05, 3.63) is 62.6 Å². The van der Waals surface area contributed by atoms with E-state index in [4.69, 9.17) is 0 Å². The number of hydrogen-bond donors (Lipinski definition) is 1. The predicted molar refractivity (Wildman–Crippen MR) is 75.3 cm³/mol. The zero-order valence-corrected chi connectivity index (χ0v) is 10.8.